The van der Waals surface area contributed by atoms with E-state index < -0.39 is 0 Å². The Hall–Kier alpha value is -1.69. The minimum Gasteiger partial charge on any atom is -0.382 e. The zero-order chi connectivity index (χ0) is 12.5. The van der Waals surface area contributed by atoms with Crippen LogP contribution in [0.1, 0.15) is 23.8 Å². The first-order chi connectivity index (χ1) is 8.27. The number of nitrogens with zero attached hydrogens (tertiary/aromatic N) is 2. The highest BCUT2D eigenvalue weighted by molar-refractivity contribution is 5.92. The summed E-state index contributed by atoms with van der Waals surface area (Å²) in [4.78, 5) is 19.7. The highest BCUT2D eigenvalue weighted by Crippen LogP contribution is 2.00. The van der Waals surface area contributed by atoms with Crippen LogP contribution >= 0.6 is 0 Å². The van der Waals surface area contributed by atoms with Crippen LogP contribution < -0.4 is 10.6 Å². The Morgan fingerprint density at radius 3 is 3.00 bits per heavy atom. The lowest BCUT2D eigenvalue weighted by Gasteiger charge is -2.05. The van der Waals surface area contributed by atoms with E-state index in [1.807, 2.05) is 6.92 Å². The number of carbonyl (C=O) groups excluding carboxylic acids is 1. The molecule has 0 aromatic carbocycles. The maximum atomic E-state index is 11.7. The molecule has 17 heavy (non-hydrogen) atoms. The quantitative estimate of drug-likeness (QED) is 0.683. The van der Waals surface area contributed by atoms with Gasteiger partial charge in [0.25, 0.3) is 5.91 Å². The van der Waals surface area contributed by atoms with Crippen LogP contribution in [0.25, 0.3) is 0 Å². The molecule has 0 unspecified atom stereocenters. The Kier molecular flexibility index (Phi) is 5.95. The highest BCUT2D eigenvalue weighted by atomic mass is 16.5. The SMILES string of the molecule is CCOCCCNC(=O)c1cncc(NC)n1. The van der Waals surface area contributed by atoms with Crippen LogP contribution in [0.2, 0.25) is 0 Å². The fraction of sp³-hybridized carbons (Fsp3) is 0.545. The molecule has 0 aliphatic carbocycles. The Bertz CT molecular complexity index is 357. The van der Waals surface area contributed by atoms with Gasteiger partial charge in [-0.3, -0.25) is 9.78 Å². The molecule has 0 spiro atoms. The van der Waals surface area contributed by atoms with Crippen LogP contribution in [0.15, 0.2) is 12.4 Å². The molecule has 0 fully saturated rings. The number of hydrogen-bond acceptors (Lipinski definition) is 5. The fourth-order valence-corrected chi connectivity index (χ4v) is 1.21. The molecule has 1 heterocycles. The zero-order valence-electron chi connectivity index (χ0n) is 10.2. The van der Waals surface area contributed by atoms with Crippen molar-refractivity contribution in [2.24, 2.45) is 0 Å². The molecule has 0 saturated heterocycles. The third kappa shape index (κ3) is 4.78. The lowest BCUT2D eigenvalue weighted by atomic mass is 10.4. The molecule has 1 aromatic heterocycles. The molecule has 94 valence electrons. The van der Waals surface area contributed by atoms with Gasteiger partial charge in [-0.15, -0.1) is 0 Å². The van der Waals surface area contributed by atoms with Crippen LogP contribution in [0, 0.1) is 0 Å². The summed E-state index contributed by atoms with van der Waals surface area (Å²) in [6.45, 7) is 3.87. The van der Waals surface area contributed by atoms with E-state index in [0.717, 1.165) is 6.42 Å². The highest BCUT2D eigenvalue weighted by Gasteiger charge is 2.07. The molecule has 0 atom stereocenters. The minimum absolute atomic E-state index is 0.217. The van der Waals surface area contributed by atoms with Crippen LogP contribution in [-0.2, 0) is 4.74 Å². The van der Waals surface area contributed by atoms with E-state index in [2.05, 4.69) is 20.6 Å². The van der Waals surface area contributed by atoms with Crippen molar-refractivity contribution >= 4 is 11.7 Å². The lowest BCUT2D eigenvalue weighted by Crippen LogP contribution is -2.26. The summed E-state index contributed by atoms with van der Waals surface area (Å²) >= 11 is 0. The second-order valence-electron chi connectivity index (χ2n) is 3.35. The minimum atomic E-state index is -0.217. The standard InChI is InChI=1S/C11H18N4O2/c1-3-17-6-4-5-14-11(16)9-7-13-8-10(12-2)15-9/h7-8H,3-6H2,1-2H3,(H,12,15)(H,14,16). The number of hydrogen-bond donors (Lipinski definition) is 2. The van der Waals surface area contributed by atoms with Crippen LogP contribution in [0.4, 0.5) is 5.82 Å². The number of anilines is 1. The molecule has 6 nitrogen and oxygen atoms in total. The summed E-state index contributed by atoms with van der Waals surface area (Å²) in [5.74, 6) is 0.359. The van der Waals surface area contributed by atoms with Crippen molar-refractivity contribution in [3.63, 3.8) is 0 Å². The van der Waals surface area contributed by atoms with Gasteiger partial charge in [0.2, 0.25) is 0 Å². The Labute approximate surface area is 101 Å². The number of ether oxygens (including phenoxy) is 1. The van der Waals surface area contributed by atoms with Crippen molar-refractivity contribution in [2.75, 3.05) is 32.1 Å². The van der Waals surface area contributed by atoms with Crippen molar-refractivity contribution in [1.29, 1.82) is 0 Å². The summed E-state index contributed by atoms with van der Waals surface area (Å²) in [5, 5.41) is 5.59. The first kappa shape index (κ1) is 13.4. The van der Waals surface area contributed by atoms with Gasteiger partial charge in [0, 0.05) is 26.8 Å². The van der Waals surface area contributed by atoms with Crippen molar-refractivity contribution in [3.05, 3.63) is 18.1 Å². The molecule has 0 bridgehead atoms. The topological polar surface area (TPSA) is 76.1 Å². The van der Waals surface area contributed by atoms with Crippen molar-refractivity contribution in [2.45, 2.75) is 13.3 Å². The van der Waals surface area contributed by atoms with E-state index in [1.165, 1.54) is 6.20 Å². The third-order valence-corrected chi connectivity index (χ3v) is 2.08. The first-order valence-electron chi connectivity index (χ1n) is 5.63. The van der Waals surface area contributed by atoms with E-state index in [1.54, 1.807) is 13.2 Å². The fourth-order valence-electron chi connectivity index (χ4n) is 1.21. The summed E-state index contributed by atoms with van der Waals surface area (Å²) in [5.41, 5.74) is 0.313. The molecule has 6 heteroatoms. The summed E-state index contributed by atoms with van der Waals surface area (Å²) in [6, 6.07) is 0. The van der Waals surface area contributed by atoms with Gasteiger partial charge >= 0.3 is 0 Å². The van der Waals surface area contributed by atoms with Gasteiger partial charge in [-0.25, -0.2) is 4.98 Å². The second kappa shape index (κ2) is 7.56. The predicted molar refractivity (Wildman–Crippen MR) is 65.0 cm³/mol. The van der Waals surface area contributed by atoms with Gasteiger partial charge < -0.3 is 15.4 Å². The molecular formula is C11H18N4O2. The Morgan fingerprint density at radius 2 is 2.29 bits per heavy atom. The number of rotatable bonds is 7. The van der Waals surface area contributed by atoms with Crippen LogP contribution in [0.3, 0.4) is 0 Å². The van der Waals surface area contributed by atoms with Gasteiger partial charge in [0.1, 0.15) is 11.5 Å². The van der Waals surface area contributed by atoms with Gasteiger partial charge in [-0.1, -0.05) is 0 Å². The second-order valence-corrected chi connectivity index (χ2v) is 3.35. The van der Waals surface area contributed by atoms with Gasteiger partial charge in [-0.2, -0.15) is 0 Å². The average Bonchev–Trinajstić information content (AvgIpc) is 2.38. The van der Waals surface area contributed by atoms with Gasteiger partial charge in [0.05, 0.1) is 12.4 Å². The summed E-state index contributed by atoms with van der Waals surface area (Å²) in [7, 11) is 1.73. The molecule has 0 saturated carbocycles. The van der Waals surface area contributed by atoms with Crippen LogP contribution in [-0.4, -0.2) is 42.7 Å². The predicted octanol–water partition coefficient (Wildman–Crippen LogP) is 0.675. The van der Waals surface area contributed by atoms with E-state index in [4.69, 9.17) is 4.74 Å². The van der Waals surface area contributed by atoms with E-state index in [-0.39, 0.29) is 5.91 Å². The average molecular weight is 238 g/mol. The molecule has 1 amide bonds. The number of aromatic nitrogens is 2. The zero-order valence-corrected chi connectivity index (χ0v) is 10.2. The van der Waals surface area contributed by atoms with Crippen molar-refractivity contribution in [3.8, 4) is 0 Å². The molecule has 0 aliphatic heterocycles. The summed E-state index contributed by atoms with van der Waals surface area (Å²) < 4.78 is 5.17. The smallest absolute Gasteiger partial charge is 0.271 e. The van der Waals surface area contributed by atoms with Crippen molar-refractivity contribution in [1.82, 2.24) is 15.3 Å². The molecule has 1 rings (SSSR count). The number of carbonyl (C=O) groups is 1. The molecule has 1 aromatic rings. The third-order valence-electron chi connectivity index (χ3n) is 2.08. The lowest BCUT2D eigenvalue weighted by molar-refractivity contribution is 0.0939. The molecule has 0 aliphatic rings. The maximum absolute atomic E-state index is 11.7. The van der Waals surface area contributed by atoms with Crippen LogP contribution in [0.5, 0.6) is 0 Å². The number of nitrogens with one attached hydrogen (secondary N) is 2. The van der Waals surface area contributed by atoms with E-state index >= 15 is 0 Å². The Morgan fingerprint density at radius 1 is 1.47 bits per heavy atom. The first-order valence-corrected chi connectivity index (χ1v) is 5.63. The van der Waals surface area contributed by atoms with E-state index in [9.17, 15) is 4.79 Å². The van der Waals surface area contributed by atoms with Gasteiger partial charge in [-0.05, 0) is 13.3 Å². The summed E-state index contributed by atoms with van der Waals surface area (Å²) in [6.07, 6.45) is 3.79. The van der Waals surface area contributed by atoms with E-state index in [0.29, 0.717) is 31.3 Å². The number of amides is 1. The van der Waals surface area contributed by atoms with Crippen molar-refractivity contribution < 1.29 is 9.53 Å². The molecule has 2 N–H and O–H groups in total. The normalized spacial score (nSPS) is 10.0. The molecule has 0 radical (unpaired) electrons. The molecular weight excluding hydrogens is 220 g/mol. The largest absolute Gasteiger partial charge is 0.382 e. The monoisotopic (exact) mass is 238 g/mol. The van der Waals surface area contributed by atoms with Gasteiger partial charge in [0.15, 0.2) is 0 Å². The maximum Gasteiger partial charge on any atom is 0.271 e. The Balaban J connectivity index is 2.36.